The monoisotopic (exact) mass is 154 g/mol. The van der Waals surface area contributed by atoms with Gasteiger partial charge in [-0.05, 0) is 25.7 Å². The van der Waals surface area contributed by atoms with Gasteiger partial charge in [0.05, 0.1) is 0 Å². The van der Waals surface area contributed by atoms with Crippen molar-refractivity contribution in [1.82, 2.24) is 0 Å². The van der Waals surface area contributed by atoms with Crippen LogP contribution >= 0.6 is 0 Å². The quantitative estimate of drug-likeness (QED) is 0.521. The van der Waals surface area contributed by atoms with Crippen LogP contribution in [0.5, 0.6) is 0 Å². The van der Waals surface area contributed by atoms with Gasteiger partial charge in [0.2, 0.25) is 0 Å². The fourth-order valence-electron chi connectivity index (χ4n) is 1.14. The Bertz CT molecular complexity index is 111. The molecule has 0 fully saturated rings. The van der Waals surface area contributed by atoms with E-state index in [9.17, 15) is 0 Å². The van der Waals surface area contributed by atoms with Gasteiger partial charge in [-0.3, -0.25) is 0 Å². The minimum absolute atomic E-state index is 0.770. The van der Waals surface area contributed by atoms with Crippen molar-refractivity contribution in [3.05, 3.63) is 11.6 Å². The zero-order valence-electron chi connectivity index (χ0n) is 8.48. The van der Waals surface area contributed by atoms with Crippen molar-refractivity contribution in [3.63, 3.8) is 0 Å². The molecule has 0 spiro atoms. The minimum Gasteiger partial charge on any atom is -0.0828 e. The van der Waals surface area contributed by atoms with Gasteiger partial charge in [0.1, 0.15) is 0 Å². The van der Waals surface area contributed by atoms with Gasteiger partial charge < -0.3 is 0 Å². The lowest BCUT2D eigenvalue weighted by molar-refractivity contribution is 0.681. The van der Waals surface area contributed by atoms with E-state index in [4.69, 9.17) is 0 Å². The molecule has 0 heterocycles. The molecular weight excluding hydrogens is 132 g/mol. The average molecular weight is 154 g/mol. The first-order chi connectivity index (χ1) is 5.20. The summed E-state index contributed by atoms with van der Waals surface area (Å²) in [5, 5.41) is 0. The fourth-order valence-corrected chi connectivity index (χ4v) is 1.14. The topological polar surface area (TPSA) is 0 Å². The predicted molar refractivity (Wildman–Crippen MR) is 52.7 cm³/mol. The number of allylic oxidation sites excluding steroid dienone is 2. The molecule has 0 nitrogen and oxygen atoms in total. The molecule has 0 aliphatic rings. The zero-order valence-corrected chi connectivity index (χ0v) is 8.48. The Morgan fingerprint density at radius 3 is 2.45 bits per heavy atom. The fraction of sp³-hybridized carbons (Fsp3) is 0.818. The van der Waals surface area contributed by atoms with E-state index in [2.05, 4.69) is 33.8 Å². The first kappa shape index (κ1) is 10.7. The third-order valence-corrected chi connectivity index (χ3v) is 2.14. The molecule has 0 aliphatic carbocycles. The summed E-state index contributed by atoms with van der Waals surface area (Å²) in [6.45, 7) is 9.03. The summed E-state index contributed by atoms with van der Waals surface area (Å²) in [4.78, 5) is 0. The molecule has 0 aromatic carbocycles. The standard InChI is InChI=1S/C11H22/c1-5-7-8-11(4)9-10(3)6-2/h9-10H,5-8H2,1-4H3/b11-9+. The Hall–Kier alpha value is -0.260. The van der Waals surface area contributed by atoms with E-state index in [0.29, 0.717) is 0 Å². The largest absolute Gasteiger partial charge is 0.0828 e. The molecule has 0 rings (SSSR count). The number of unbranched alkanes of at least 4 members (excludes halogenated alkanes) is 1. The van der Waals surface area contributed by atoms with Gasteiger partial charge in [0.15, 0.2) is 0 Å². The maximum atomic E-state index is 2.41. The molecule has 0 radical (unpaired) electrons. The highest BCUT2D eigenvalue weighted by atomic mass is 14.0. The SMILES string of the molecule is CCCC/C(C)=C/C(C)CC. The predicted octanol–water partition coefficient (Wildman–Crippen LogP) is 4.17. The van der Waals surface area contributed by atoms with E-state index in [1.807, 2.05) is 0 Å². The lowest BCUT2D eigenvalue weighted by Crippen LogP contribution is -1.88. The van der Waals surface area contributed by atoms with E-state index < -0.39 is 0 Å². The van der Waals surface area contributed by atoms with Crippen molar-refractivity contribution in [1.29, 1.82) is 0 Å². The number of rotatable bonds is 5. The van der Waals surface area contributed by atoms with E-state index >= 15 is 0 Å². The molecule has 0 bridgehead atoms. The van der Waals surface area contributed by atoms with E-state index in [0.717, 1.165) is 5.92 Å². The third kappa shape index (κ3) is 6.15. The van der Waals surface area contributed by atoms with E-state index in [-0.39, 0.29) is 0 Å². The van der Waals surface area contributed by atoms with Crippen LogP contribution in [0.2, 0.25) is 0 Å². The van der Waals surface area contributed by atoms with Crippen LogP contribution in [0.4, 0.5) is 0 Å². The first-order valence-electron chi connectivity index (χ1n) is 4.88. The van der Waals surface area contributed by atoms with Gasteiger partial charge in [-0.25, -0.2) is 0 Å². The Morgan fingerprint density at radius 2 is 2.00 bits per heavy atom. The van der Waals surface area contributed by atoms with E-state index in [1.165, 1.54) is 25.7 Å². The molecule has 0 saturated heterocycles. The Labute approximate surface area is 71.7 Å². The van der Waals surface area contributed by atoms with Crippen LogP contribution < -0.4 is 0 Å². The normalized spacial score (nSPS) is 15.1. The van der Waals surface area contributed by atoms with Crippen molar-refractivity contribution in [2.24, 2.45) is 5.92 Å². The van der Waals surface area contributed by atoms with Gasteiger partial charge >= 0.3 is 0 Å². The molecule has 0 amide bonds. The van der Waals surface area contributed by atoms with Crippen molar-refractivity contribution in [2.75, 3.05) is 0 Å². The molecule has 0 aromatic heterocycles. The number of hydrogen-bond acceptors (Lipinski definition) is 0. The number of hydrogen-bond donors (Lipinski definition) is 0. The van der Waals surface area contributed by atoms with Crippen LogP contribution in [-0.2, 0) is 0 Å². The zero-order chi connectivity index (χ0) is 8.69. The minimum atomic E-state index is 0.770. The van der Waals surface area contributed by atoms with Crippen LogP contribution in [-0.4, -0.2) is 0 Å². The molecule has 11 heavy (non-hydrogen) atoms. The van der Waals surface area contributed by atoms with Gasteiger partial charge in [-0.15, -0.1) is 0 Å². The van der Waals surface area contributed by atoms with Gasteiger partial charge in [-0.2, -0.15) is 0 Å². The van der Waals surface area contributed by atoms with Gasteiger partial charge in [0, 0.05) is 0 Å². The second-order valence-electron chi connectivity index (χ2n) is 3.50. The molecule has 0 aromatic rings. The summed E-state index contributed by atoms with van der Waals surface area (Å²) in [5.74, 6) is 0.770. The van der Waals surface area contributed by atoms with Crippen molar-refractivity contribution < 1.29 is 0 Å². The van der Waals surface area contributed by atoms with Crippen LogP contribution in [0.1, 0.15) is 53.4 Å². The smallest absolute Gasteiger partial charge is 0.0262 e. The van der Waals surface area contributed by atoms with Crippen molar-refractivity contribution in [2.45, 2.75) is 53.4 Å². The summed E-state index contributed by atoms with van der Waals surface area (Å²) in [5.41, 5.74) is 1.57. The highest BCUT2D eigenvalue weighted by molar-refractivity contribution is 4.99. The molecule has 0 N–H and O–H groups in total. The molecular formula is C11H22. The van der Waals surface area contributed by atoms with Crippen LogP contribution in [0, 0.1) is 5.92 Å². The molecule has 0 heteroatoms. The van der Waals surface area contributed by atoms with Gasteiger partial charge in [0.25, 0.3) is 0 Å². The molecule has 1 unspecified atom stereocenters. The lowest BCUT2D eigenvalue weighted by atomic mass is 10.0. The average Bonchev–Trinajstić information content (AvgIpc) is 2.00. The van der Waals surface area contributed by atoms with Crippen LogP contribution in [0.25, 0.3) is 0 Å². The van der Waals surface area contributed by atoms with Crippen molar-refractivity contribution >= 4 is 0 Å². The summed E-state index contributed by atoms with van der Waals surface area (Å²) >= 11 is 0. The Morgan fingerprint density at radius 1 is 1.36 bits per heavy atom. The summed E-state index contributed by atoms with van der Waals surface area (Å²) in [6, 6.07) is 0. The van der Waals surface area contributed by atoms with Gasteiger partial charge in [-0.1, -0.05) is 45.3 Å². The molecule has 66 valence electrons. The molecule has 1 atom stereocenters. The Balaban J connectivity index is 3.61. The Kier molecular flexibility index (Phi) is 6.30. The second kappa shape index (κ2) is 6.45. The summed E-state index contributed by atoms with van der Waals surface area (Å²) in [6.07, 6.45) is 7.63. The highest BCUT2D eigenvalue weighted by Gasteiger charge is 1.94. The summed E-state index contributed by atoms with van der Waals surface area (Å²) < 4.78 is 0. The lowest BCUT2D eigenvalue weighted by Gasteiger charge is -2.04. The molecule has 0 saturated carbocycles. The molecule has 0 aliphatic heterocycles. The van der Waals surface area contributed by atoms with Crippen molar-refractivity contribution in [3.8, 4) is 0 Å². The maximum Gasteiger partial charge on any atom is -0.0262 e. The first-order valence-corrected chi connectivity index (χ1v) is 4.88. The van der Waals surface area contributed by atoms with E-state index in [1.54, 1.807) is 5.57 Å². The maximum absolute atomic E-state index is 2.41. The second-order valence-corrected chi connectivity index (χ2v) is 3.50. The highest BCUT2D eigenvalue weighted by Crippen LogP contribution is 2.11. The summed E-state index contributed by atoms with van der Waals surface area (Å²) in [7, 11) is 0. The van der Waals surface area contributed by atoms with Crippen LogP contribution in [0.15, 0.2) is 11.6 Å². The van der Waals surface area contributed by atoms with Crippen LogP contribution in [0.3, 0.4) is 0 Å². The third-order valence-electron chi connectivity index (χ3n) is 2.14.